The van der Waals surface area contributed by atoms with E-state index in [9.17, 15) is 4.79 Å². The summed E-state index contributed by atoms with van der Waals surface area (Å²) < 4.78 is 7.77. The molecule has 3 heterocycles. The van der Waals surface area contributed by atoms with Crippen molar-refractivity contribution in [2.75, 3.05) is 11.4 Å². The number of aromatic nitrogens is 3. The summed E-state index contributed by atoms with van der Waals surface area (Å²) in [5.74, 6) is 1.95. The highest BCUT2D eigenvalue weighted by molar-refractivity contribution is 5.87. The number of ether oxygens (including phenoxy) is 1. The first-order valence-electron chi connectivity index (χ1n) is 10.1. The van der Waals surface area contributed by atoms with Gasteiger partial charge in [0.15, 0.2) is 5.82 Å². The molecular formula is C23H25N5O2. The van der Waals surface area contributed by atoms with E-state index in [1.807, 2.05) is 12.1 Å². The third-order valence-corrected chi connectivity index (χ3v) is 5.81. The topological polar surface area (TPSA) is 64.6 Å². The summed E-state index contributed by atoms with van der Waals surface area (Å²) in [6.45, 7) is 14.3. The van der Waals surface area contributed by atoms with Crippen molar-refractivity contribution in [2.24, 2.45) is 13.0 Å². The van der Waals surface area contributed by atoms with E-state index < -0.39 is 0 Å². The van der Waals surface area contributed by atoms with Crippen LogP contribution in [0.15, 0.2) is 41.2 Å². The average Bonchev–Trinajstić information content (AvgIpc) is 2.73. The molecule has 1 aliphatic heterocycles. The summed E-state index contributed by atoms with van der Waals surface area (Å²) in [6.07, 6.45) is 0.873. The zero-order chi connectivity index (χ0) is 21.4. The number of hydrogen-bond donors (Lipinski definition) is 0. The molecule has 7 heteroatoms. The van der Waals surface area contributed by atoms with Gasteiger partial charge in [0.2, 0.25) is 5.52 Å². The Kier molecular flexibility index (Phi) is 5.17. The molecule has 4 rings (SSSR count). The lowest BCUT2D eigenvalue weighted by Gasteiger charge is -2.42. The normalized spacial score (nSPS) is 21.4. The van der Waals surface area contributed by atoms with E-state index in [2.05, 4.69) is 52.6 Å². The fourth-order valence-electron chi connectivity index (χ4n) is 4.09. The van der Waals surface area contributed by atoms with Crippen LogP contribution >= 0.6 is 0 Å². The summed E-state index contributed by atoms with van der Waals surface area (Å²) in [5.41, 5.74) is 2.11. The van der Waals surface area contributed by atoms with Crippen molar-refractivity contribution in [1.82, 2.24) is 14.5 Å². The molecule has 0 spiro atoms. The summed E-state index contributed by atoms with van der Waals surface area (Å²) >= 11 is 0. The van der Waals surface area contributed by atoms with Crippen molar-refractivity contribution >= 4 is 22.7 Å². The second kappa shape index (κ2) is 7.79. The van der Waals surface area contributed by atoms with Crippen LogP contribution in [0.1, 0.15) is 25.8 Å². The predicted molar refractivity (Wildman–Crippen MR) is 117 cm³/mol. The molecule has 1 aliphatic rings. The molecule has 0 radical (unpaired) electrons. The molecule has 30 heavy (non-hydrogen) atoms. The SMILES string of the molecule is [C-]#[N+]c1ccc2c(n1)c(N1C[C@H](C)C(Oc3cccc(C)c3)C[C@H]1C)nc(=O)n2C. The van der Waals surface area contributed by atoms with E-state index in [4.69, 9.17) is 11.3 Å². The predicted octanol–water partition coefficient (Wildman–Crippen LogP) is 3.87. The number of anilines is 1. The maximum atomic E-state index is 12.5. The molecule has 3 atom stereocenters. The zero-order valence-corrected chi connectivity index (χ0v) is 17.7. The van der Waals surface area contributed by atoms with Gasteiger partial charge in [0.1, 0.15) is 11.9 Å². The number of nitrogens with zero attached hydrogens (tertiary/aromatic N) is 5. The van der Waals surface area contributed by atoms with Crippen LogP contribution in [0.5, 0.6) is 5.75 Å². The minimum Gasteiger partial charge on any atom is -0.490 e. The summed E-state index contributed by atoms with van der Waals surface area (Å²) in [4.78, 5) is 26.9. The second-order valence-corrected chi connectivity index (χ2v) is 8.11. The lowest BCUT2D eigenvalue weighted by atomic mass is 9.91. The second-order valence-electron chi connectivity index (χ2n) is 8.11. The number of aryl methyl sites for hydroxylation is 2. The van der Waals surface area contributed by atoms with Gasteiger partial charge in [-0.25, -0.2) is 4.79 Å². The number of hydrogen-bond acceptors (Lipinski definition) is 5. The first-order valence-corrected chi connectivity index (χ1v) is 10.1. The molecule has 0 aliphatic carbocycles. The fraction of sp³-hybridized carbons (Fsp3) is 0.391. The number of benzene rings is 1. The first-order chi connectivity index (χ1) is 14.4. The Morgan fingerprint density at radius 2 is 2.00 bits per heavy atom. The van der Waals surface area contributed by atoms with Crippen molar-refractivity contribution in [1.29, 1.82) is 0 Å². The van der Waals surface area contributed by atoms with Gasteiger partial charge in [-0.3, -0.25) is 4.57 Å². The van der Waals surface area contributed by atoms with Crippen molar-refractivity contribution in [3.05, 3.63) is 63.9 Å². The molecule has 7 nitrogen and oxygen atoms in total. The van der Waals surface area contributed by atoms with E-state index in [1.165, 1.54) is 10.1 Å². The average molecular weight is 403 g/mol. The molecule has 0 amide bonds. The molecule has 3 aromatic rings. The summed E-state index contributed by atoms with van der Waals surface area (Å²) in [6, 6.07) is 11.6. The van der Waals surface area contributed by atoms with Gasteiger partial charge in [0.05, 0.1) is 5.52 Å². The fourth-order valence-corrected chi connectivity index (χ4v) is 4.09. The third-order valence-electron chi connectivity index (χ3n) is 5.81. The minimum absolute atomic E-state index is 0.0719. The van der Waals surface area contributed by atoms with E-state index in [0.29, 0.717) is 29.2 Å². The van der Waals surface area contributed by atoms with E-state index in [-0.39, 0.29) is 23.8 Å². The van der Waals surface area contributed by atoms with Crippen LogP contribution in [0.2, 0.25) is 0 Å². The molecule has 0 saturated carbocycles. The Morgan fingerprint density at radius 3 is 2.73 bits per heavy atom. The van der Waals surface area contributed by atoms with Crippen molar-refractivity contribution in [3.63, 3.8) is 0 Å². The van der Waals surface area contributed by atoms with E-state index in [0.717, 1.165) is 12.2 Å². The number of rotatable bonds is 3. The number of fused-ring (bicyclic) bond motifs is 1. The Morgan fingerprint density at radius 1 is 1.20 bits per heavy atom. The van der Waals surface area contributed by atoms with Crippen molar-refractivity contribution < 1.29 is 4.74 Å². The van der Waals surface area contributed by atoms with Crippen LogP contribution in [-0.4, -0.2) is 33.2 Å². The summed E-state index contributed by atoms with van der Waals surface area (Å²) in [7, 11) is 1.68. The highest BCUT2D eigenvalue weighted by Crippen LogP contribution is 2.32. The van der Waals surface area contributed by atoms with Gasteiger partial charge in [-0.15, -0.1) is 4.98 Å². The van der Waals surface area contributed by atoms with Crippen LogP contribution in [0.3, 0.4) is 0 Å². The molecule has 1 fully saturated rings. The first kappa shape index (κ1) is 19.9. The van der Waals surface area contributed by atoms with Gasteiger partial charge in [-0.05, 0) is 43.7 Å². The van der Waals surface area contributed by atoms with Crippen LogP contribution in [-0.2, 0) is 7.05 Å². The standard InChI is InChI=1S/C23H25N5O2/c1-14-7-6-8-17(11-14)30-19-12-16(3)28(13-15(19)2)22-21-18(27(5)23(29)26-22)9-10-20(24-4)25-21/h6-11,15-16,19H,12-13H2,1-3,5H3/t15-,16+,19?/m0/s1. The van der Waals surface area contributed by atoms with Gasteiger partial charge in [0, 0.05) is 32.0 Å². The van der Waals surface area contributed by atoms with Crippen molar-refractivity contribution in [2.45, 2.75) is 39.3 Å². The van der Waals surface area contributed by atoms with Gasteiger partial charge in [0.25, 0.3) is 5.82 Å². The lowest BCUT2D eigenvalue weighted by Crippen LogP contribution is -2.50. The maximum absolute atomic E-state index is 12.5. The highest BCUT2D eigenvalue weighted by atomic mass is 16.5. The molecule has 154 valence electrons. The smallest absolute Gasteiger partial charge is 0.350 e. The maximum Gasteiger partial charge on any atom is 0.350 e. The van der Waals surface area contributed by atoms with Crippen molar-refractivity contribution in [3.8, 4) is 5.75 Å². The Bertz CT molecular complexity index is 1200. The quantitative estimate of drug-likeness (QED) is 0.621. The molecule has 1 aromatic carbocycles. The van der Waals surface area contributed by atoms with Crippen LogP contribution < -0.4 is 15.3 Å². The Balaban J connectivity index is 1.67. The lowest BCUT2D eigenvalue weighted by molar-refractivity contribution is 0.107. The van der Waals surface area contributed by atoms with Crippen LogP contribution in [0.4, 0.5) is 11.6 Å². The van der Waals surface area contributed by atoms with Gasteiger partial charge in [-0.2, -0.15) is 4.98 Å². The summed E-state index contributed by atoms with van der Waals surface area (Å²) in [5, 5.41) is 0. The minimum atomic E-state index is -0.326. The number of pyridine rings is 1. The largest absolute Gasteiger partial charge is 0.490 e. The highest BCUT2D eigenvalue weighted by Gasteiger charge is 2.35. The van der Waals surface area contributed by atoms with Gasteiger partial charge < -0.3 is 14.5 Å². The molecule has 2 aromatic heterocycles. The molecular weight excluding hydrogens is 378 g/mol. The monoisotopic (exact) mass is 403 g/mol. The van der Waals surface area contributed by atoms with Gasteiger partial charge >= 0.3 is 5.69 Å². The Labute approximate surface area is 175 Å². The molecule has 1 unspecified atom stereocenters. The molecule has 0 N–H and O–H groups in total. The molecule has 1 saturated heterocycles. The van der Waals surface area contributed by atoms with Crippen LogP contribution in [0, 0.1) is 19.4 Å². The van der Waals surface area contributed by atoms with E-state index >= 15 is 0 Å². The van der Waals surface area contributed by atoms with E-state index in [1.54, 1.807) is 19.2 Å². The molecule has 0 bridgehead atoms. The van der Waals surface area contributed by atoms with Gasteiger partial charge in [-0.1, -0.05) is 25.6 Å². The van der Waals surface area contributed by atoms with Crippen LogP contribution in [0.25, 0.3) is 15.9 Å². The zero-order valence-electron chi connectivity index (χ0n) is 17.7. The number of piperidine rings is 1. The Hall–Kier alpha value is -3.40. The third kappa shape index (κ3) is 3.61.